The molecule has 0 saturated heterocycles. The van der Waals surface area contributed by atoms with Gasteiger partial charge >= 0.3 is 12.0 Å². The zero-order valence-electron chi connectivity index (χ0n) is 11.5. The van der Waals surface area contributed by atoms with Gasteiger partial charge in [-0.05, 0) is 24.1 Å². The molecule has 0 atom stereocenters. The number of aromatic carboxylic acids is 1. The highest BCUT2D eigenvalue weighted by atomic mass is 16.4. The Hall–Kier alpha value is -2.76. The third kappa shape index (κ3) is 2.47. The summed E-state index contributed by atoms with van der Waals surface area (Å²) >= 11 is 0. The van der Waals surface area contributed by atoms with Gasteiger partial charge in [-0.1, -0.05) is 24.3 Å². The van der Waals surface area contributed by atoms with Gasteiger partial charge in [0.25, 0.3) is 0 Å². The molecule has 0 unspecified atom stereocenters. The van der Waals surface area contributed by atoms with Gasteiger partial charge in [-0.25, -0.2) is 9.59 Å². The molecule has 0 radical (unpaired) electrons. The molecule has 0 spiro atoms. The van der Waals surface area contributed by atoms with Gasteiger partial charge in [0.15, 0.2) is 0 Å². The predicted molar refractivity (Wildman–Crippen MR) is 77.2 cm³/mol. The first-order valence-electron chi connectivity index (χ1n) is 6.60. The molecule has 1 aliphatic heterocycles. The number of carbonyl (C=O) groups is 2. The first-order chi connectivity index (χ1) is 10.0. The Morgan fingerprint density at radius 3 is 2.43 bits per heavy atom. The zero-order valence-corrected chi connectivity index (χ0v) is 11.5. The maximum atomic E-state index is 12.3. The molecule has 2 heterocycles. The second kappa shape index (κ2) is 4.97. The van der Waals surface area contributed by atoms with E-state index in [0.29, 0.717) is 24.5 Å². The summed E-state index contributed by atoms with van der Waals surface area (Å²) in [6, 6.07) is 9.19. The topological polar surface area (TPSA) is 85.4 Å². The number of hydrogen-bond acceptors (Lipinski definition) is 2. The molecule has 6 nitrogen and oxygen atoms in total. The van der Waals surface area contributed by atoms with Crippen molar-refractivity contribution in [2.45, 2.75) is 20.0 Å². The molecule has 2 aromatic rings. The summed E-state index contributed by atoms with van der Waals surface area (Å²) in [7, 11) is 0. The zero-order chi connectivity index (χ0) is 15.0. The minimum Gasteiger partial charge on any atom is -0.477 e. The van der Waals surface area contributed by atoms with Crippen LogP contribution in [0.4, 0.5) is 10.5 Å². The summed E-state index contributed by atoms with van der Waals surface area (Å²) in [5.41, 5.74) is 3.22. The lowest BCUT2D eigenvalue weighted by Gasteiger charge is -2.16. The largest absolute Gasteiger partial charge is 0.477 e. The van der Waals surface area contributed by atoms with E-state index in [2.05, 4.69) is 10.3 Å². The Labute approximate surface area is 121 Å². The number of amides is 2. The summed E-state index contributed by atoms with van der Waals surface area (Å²) in [6.07, 6.45) is 0. The van der Waals surface area contributed by atoms with Crippen LogP contribution in [-0.2, 0) is 13.1 Å². The molecule has 1 aromatic heterocycles. The van der Waals surface area contributed by atoms with Crippen LogP contribution < -0.4 is 5.32 Å². The van der Waals surface area contributed by atoms with E-state index in [-0.39, 0.29) is 11.7 Å². The van der Waals surface area contributed by atoms with E-state index in [1.807, 2.05) is 24.3 Å². The van der Waals surface area contributed by atoms with Crippen LogP contribution in [-0.4, -0.2) is 27.0 Å². The Bertz CT molecular complexity index is 696. The van der Waals surface area contributed by atoms with Crippen molar-refractivity contribution < 1.29 is 14.7 Å². The molecule has 0 fully saturated rings. The molecule has 6 heteroatoms. The molecule has 3 N–H and O–H groups in total. The van der Waals surface area contributed by atoms with Gasteiger partial charge in [0.05, 0.1) is 5.69 Å². The Kier molecular flexibility index (Phi) is 3.13. The normalized spacial score (nSPS) is 13.1. The standard InChI is InChI=1S/C15H15N3O3/c1-9-6-12(13(16-9)14(19)20)17-15(21)18-7-10-4-2-3-5-11(10)8-18/h2-6,16H,7-8H2,1H3,(H,17,21)(H,19,20). The quantitative estimate of drug-likeness (QED) is 0.792. The fraction of sp³-hybridized carbons (Fsp3) is 0.200. The SMILES string of the molecule is Cc1cc(NC(=O)N2Cc3ccccc3C2)c(C(=O)O)[nH]1. The average molecular weight is 285 g/mol. The number of carboxylic acids is 1. The van der Waals surface area contributed by atoms with Crippen molar-refractivity contribution >= 4 is 17.7 Å². The lowest BCUT2D eigenvalue weighted by molar-refractivity contribution is 0.0692. The van der Waals surface area contributed by atoms with Crippen molar-refractivity contribution in [2.24, 2.45) is 0 Å². The first kappa shape index (κ1) is 13.2. The van der Waals surface area contributed by atoms with Crippen LogP contribution in [0.15, 0.2) is 30.3 Å². The molecule has 1 aromatic carbocycles. The number of aryl methyl sites for hydroxylation is 1. The summed E-state index contributed by atoms with van der Waals surface area (Å²) in [5, 5.41) is 11.8. The Balaban J connectivity index is 1.75. The number of rotatable bonds is 2. The highest BCUT2D eigenvalue weighted by molar-refractivity contribution is 5.99. The van der Waals surface area contributed by atoms with Gasteiger partial charge in [0.1, 0.15) is 5.69 Å². The molecule has 1 aliphatic rings. The summed E-state index contributed by atoms with van der Waals surface area (Å²) in [5.74, 6) is -1.09. The fourth-order valence-electron chi connectivity index (χ4n) is 2.53. The second-order valence-corrected chi connectivity index (χ2v) is 5.10. The number of aromatic amines is 1. The predicted octanol–water partition coefficient (Wildman–Crippen LogP) is 2.57. The average Bonchev–Trinajstić information content (AvgIpc) is 3.02. The van der Waals surface area contributed by atoms with E-state index in [4.69, 9.17) is 5.11 Å². The second-order valence-electron chi connectivity index (χ2n) is 5.10. The van der Waals surface area contributed by atoms with E-state index in [0.717, 1.165) is 11.1 Å². The number of carboxylic acid groups (broad SMARTS) is 1. The number of H-pyrrole nitrogens is 1. The third-order valence-corrected chi connectivity index (χ3v) is 3.54. The van der Waals surface area contributed by atoms with Crippen molar-refractivity contribution in [3.05, 3.63) is 52.8 Å². The van der Waals surface area contributed by atoms with Gasteiger partial charge < -0.3 is 20.3 Å². The maximum absolute atomic E-state index is 12.3. The highest BCUT2D eigenvalue weighted by Crippen LogP contribution is 2.24. The number of benzene rings is 1. The van der Waals surface area contributed by atoms with E-state index >= 15 is 0 Å². The van der Waals surface area contributed by atoms with Gasteiger partial charge in [0.2, 0.25) is 0 Å². The van der Waals surface area contributed by atoms with Crippen molar-refractivity contribution in [2.75, 3.05) is 5.32 Å². The summed E-state index contributed by atoms with van der Waals surface area (Å²) < 4.78 is 0. The molecule has 0 bridgehead atoms. The Morgan fingerprint density at radius 2 is 1.86 bits per heavy atom. The van der Waals surface area contributed by atoms with Crippen LogP contribution in [0.2, 0.25) is 0 Å². The minimum atomic E-state index is -1.09. The van der Waals surface area contributed by atoms with Crippen LogP contribution in [0.25, 0.3) is 0 Å². The molecule has 0 aliphatic carbocycles. The van der Waals surface area contributed by atoms with Gasteiger partial charge in [-0.15, -0.1) is 0 Å². The van der Waals surface area contributed by atoms with Crippen molar-refractivity contribution in [1.29, 1.82) is 0 Å². The number of hydrogen-bond donors (Lipinski definition) is 3. The molecule has 108 valence electrons. The molecule has 0 saturated carbocycles. The maximum Gasteiger partial charge on any atom is 0.354 e. The molecular weight excluding hydrogens is 270 g/mol. The van der Waals surface area contributed by atoms with Crippen LogP contribution >= 0.6 is 0 Å². The molecular formula is C15H15N3O3. The van der Waals surface area contributed by atoms with Crippen LogP contribution in [0.1, 0.15) is 27.3 Å². The van der Waals surface area contributed by atoms with E-state index in [1.54, 1.807) is 17.9 Å². The molecule has 3 rings (SSSR count). The van der Waals surface area contributed by atoms with Gasteiger partial charge in [-0.2, -0.15) is 0 Å². The van der Waals surface area contributed by atoms with E-state index in [1.165, 1.54) is 0 Å². The highest BCUT2D eigenvalue weighted by Gasteiger charge is 2.24. The van der Waals surface area contributed by atoms with Crippen molar-refractivity contribution in [1.82, 2.24) is 9.88 Å². The number of urea groups is 1. The summed E-state index contributed by atoms with van der Waals surface area (Å²) in [4.78, 5) is 27.8. The first-order valence-corrected chi connectivity index (χ1v) is 6.60. The smallest absolute Gasteiger partial charge is 0.354 e. The van der Waals surface area contributed by atoms with Crippen LogP contribution in [0.3, 0.4) is 0 Å². The van der Waals surface area contributed by atoms with Gasteiger partial charge in [-0.3, -0.25) is 0 Å². The monoisotopic (exact) mass is 285 g/mol. The molecule has 2 amide bonds. The lowest BCUT2D eigenvalue weighted by atomic mass is 10.1. The number of fused-ring (bicyclic) bond motifs is 1. The van der Waals surface area contributed by atoms with Crippen LogP contribution in [0, 0.1) is 6.92 Å². The number of nitrogens with zero attached hydrogens (tertiary/aromatic N) is 1. The lowest BCUT2D eigenvalue weighted by Crippen LogP contribution is -2.30. The fourth-order valence-corrected chi connectivity index (χ4v) is 2.53. The number of nitrogens with one attached hydrogen (secondary N) is 2. The summed E-state index contributed by atoms with van der Waals surface area (Å²) in [6.45, 7) is 2.81. The van der Waals surface area contributed by atoms with Crippen LogP contribution in [0.5, 0.6) is 0 Å². The molecule has 21 heavy (non-hydrogen) atoms. The van der Waals surface area contributed by atoms with Gasteiger partial charge in [0, 0.05) is 18.8 Å². The minimum absolute atomic E-state index is 0.00226. The third-order valence-electron chi connectivity index (χ3n) is 3.54. The number of aromatic nitrogens is 1. The number of carbonyl (C=O) groups excluding carboxylic acids is 1. The van der Waals surface area contributed by atoms with Crippen molar-refractivity contribution in [3.63, 3.8) is 0 Å². The van der Waals surface area contributed by atoms with Crippen molar-refractivity contribution in [3.8, 4) is 0 Å². The van der Waals surface area contributed by atoms with E-state index < -0.39 is 5.97 Å². The number of anilines is 1. The Morgan fingerprint density at radius 1 is 1.24 bits per heavy atom. The van der Waals surface area contributed by atoms with E-state index in [9.17, 15) is 9.59 Å².